The van der Waals surface area contributed by atoms with Gasteiger partial charge in [0.05, 0.1) is 10.7 Å². The quantitative estimate of drug-likeness (QED) is 0.310. The number of hydrogen-bond donors (Lipinski definition) is 1. The molecule has 3 rings (SSSR count). The van der Waals surface area contributed by atoms with Gasteiger partial charge < -0.3 is 14.3 Å². The Morgan fingerprint density at radius 1 is 1.25 bits per heavy atom. The summed E-state index contributed by atoms with van der Waals surface area (Å²) in [6.45, 7) is 0. The van der Waals surface area contributed by atoms with E-state index < -0.39 is 4.92 Å². The van der Waals surface area contributed by atoms with E-state index in [0.29, 0.717) is 29.0 Å². The van der Waals surface area contributed by atoms with Gasteiger partial charge in [0.1, 0.15) is 6.33 Å². The van der Waals surface area contributed by atoms with E-state index in [9.17, 15) is 14.9 Å². The van der Waals surface area contributed by atoms with Crippen LogP contribution in [0.3, 0.4) is 0 Å². The summed E-state index contributed by atoms with van der Waals surface area (Å²) in [5.74, 6) is 0.982. The number of aryl methyl sites for hydroxylation is 2. The van der Waals surface area contributed by atoms with E-state index in [-0.39, 0.29) is 17.3 Å². The second-order valence-electron chi connectivity index (χ2n) is 5.43. The lowest BCUT2D eigenvalue weighted by Crippen LogP contribution is -2.13. The van der Waals surface area contributed by atoms with Gasteiger partial charge in [0.25, 0.3) is 10.9 Å². The zero-order chi connectivity index (χ0) is 19.9. The number of non-ortho nitro benzene ring substituents is 1. The van der Waals surface area contributed by atoms with Crippen molar-refractivity contribution in [1.82, 2.24) is 25.0 Å². The Labute approximate surface area is 167 Å². The van der Waals surface area contributed by atoms with E-state index in [4.69, 9.17) is 4.42 Å². The highest BCUT2D eigenvalue weighted by Gasteiger charge is 2.11. The molecule has 0 radical (unpaired) electrons. The van der Waals surface area contributed by atoms with Crippen LogP contribution in [0.15, 0.2) is 45.4 Å². The van der Waals surface area contributed by atoms with Crippen LogP contribution in [0.1, 0.15) is 5.89 Å². The molecule has 0 aliphatic heterocycles. The maximum absolute atomic E-state index is 12.0. The number of amides is 1. The van der Waals surface area contributed by atoms with E-state index >= 15 is 0 Å². The van der Waals surface area contributed by atoms with Crippen LogP contribution in [0, 0.1) is 10.1 Å². The second kappa shape index (κ2) is 9.32. The number of nitrogens with zero attached hydrogens (tertiary/aromatic N) is 6. The molecule has 1 N–H and O–H groups in total. The minimum Gasteiger partial charge on any atom is -0.416 e. The number of hydrogen-bond acceptors (Lipinski definition) is 10. The summed E-state index contributed by atoms with van der Waals surface area (Å²) in [7, 11) is 1.87. The lowest BCUT2D eigenvalue weighted by atomic mass is 10.3. The van der Waals surface area contributed by atoms with Gasteiger partial charge >= 0.3 is 0 Å². The summed E-state index contributed by atoms with van der Waals surface area (Å²) in [5.41, 5.74) is 0.436. The van der Waals surface area contributed by atoms with Crippen molar-refractivity contribution in [3.8, 4) is 0 Å². The number of rotatable bonds is 9. The predicted octanol–water partition coefficient (Wildman–Crippen LogP) is 2.17. The Morgan fingerprint density at radius 2 is 2.04 bits per heavy atom. The lowest BCUT2D eigenvalue weighted by Gasteiger charge is -2.03. The van der Waals surface area contributed by atoms with Crippen LogP contribution in [-0.4, -0.2) is 47.3 Å². The van der Waals surface area contributed by atoms with Crippen molar-refractivity contribution in [2.75, 3.05) is 16.8 Å². The van der Waals surface area contributed by atoms with Crippen LogP contribution in [0.4, 0.5) is 11.4 Å². The van der Waals surface area contributed by atoms with Crippen molar-refractivity contribution < 1.29 is 14.1 Å². The second-order valence-corrected chi connectivity index (χ2v) is 7.41. The van der Waals surface area contributed by atoms with Crippen molar-refractivity contribution in [3.63, 3.8) is 0 Å². The molecule has 28 heavy (non-hydrogen) atoms. The molecule has 2 aromatic heterocycles. The number of thioether (sulfide) groups is 2. The monoisotopic (exact) mass is 421 g/mol. The van der Waals surface area contributed by atoms with Crippen LogP contribution >= 0.6 is 23.5 Å². The molecule has 0 saturated heterocycles. The first-order valence-electron chi connectivity index (χ1n) is 7.97. The van der Waals surface area contributed by atoms with Crippen LogP contribution in [0.25, 0.3) is 0 Å². The Hall–Kier alpha value is -2.93. The van der Waals surface area contributed by atoms with Crippen LogP contribution in [0.2, 0.25) is 0 Å². The molecule has 0 spiro atoms. The molecule has 146 valence electrons. The maximum atomic E-state index is 12.0. The largest absolute Gasteiger partial charge is 0.416 e. The van der Waals surface area contributed by atoms with Crippen molar-refractivity contribution in [3.05, 3.63) is 46.6 Å². The van der Waals surface area contributed by atoms with Gasteiger partial charge in [-0.1, -0.05) is 23.5 Å². The van der Waals surface area contributed by atoms with E-state index in [1.165, 1.54) is 36.0 Å². The minimum atomic E-state index is -0.500. The summed E-state index contributed by atoms with van der Waals surface area (Å²) in [6.07, 6.45) is 2.20. The van der Waals surface area contributed by atoms with Gasteiger partial charge in [-0.15, -0.1) is 20.4 Å². The smallest absolute Gasteiger partial charge is 0.277 e. The molecule has 2 heterocycles. The summed E-state index contributed by atoms with van der Waals surface area (Å²) >= 11 is 2.65. The standard InChI is InChI=1S/C15H15N7O4S2/c1-21-9-16-19-14(21)27-7-6-13-18-20-15(26-13)28-8-12(23)17-10-2-4-11(5-3-10)22(24)25/h2-5,9H,6-8H2,1H3,(H,17,23). The highest BCUT2D eigenvalue weighted by atomic mass is 32.2. The van der Waals surface area contributed by atoms with Crippen LogP contribution < -0.4 is 5.32 Å². The molecule has 13 heteroatoms. The summed E-state index contributed by atoms with van der Waals surface area (Å²) in [5, 5.41) is 30.0. The zero-order valence-corrected chi connectivity index (χ0v) is 16.3. The van der Waals surface area contributed by atoms with Crippen molar-refractivity contribution >= 4 is 40.8 Å². The summed E-state index contributed by atoms with van der Waals surface area (Å²) in [6, 6.07) is 5.60. The molecule has 3 aromatic rings. The van der Waals surface area contributed by atoms with E-state index in [1.54, 1.807) is 6.33 Å². The highest BCUT2D eigenvalue weighted by Crippen LogP contribution is 2.20. The average Bonchev–Trinajstić information content (AvgIpc) is 3.30. The molecular formula is C15H15N7O4S2. The molecule has 0 aliphatic rings. The number of carbonyl (C=O) groups excluding carboxylic acids is 1. The molecule has 0 fully saturated rings. The first kappa shape index (κ1) is 19.8. The Morgan fingerprint density at radius 3 is 2.71 bits per heavy atom. The number of nitrogens with one attached hydrogen (secondary N) is 1. The molecule has 0 unspecified atom stereocenters. The minimum absolute atomic E-state index is 0.0388. The highest BCUT2D eigenvalue weighted by molar-refractivity contribution is 7.99. The van der Waals surface area contributed by atoms with Crippen molar-refractivity contribution in [1.29, 1.82) is 0 Å². The molecular weight excluding hydrogens is 406 g/mol. The summed E-state index contributed by atoms with van der Waals surface area (Å²) in [4.78, 5) is 22.1. The number of nitro benzene ring substituents is 1. The number of aromatic nitrogens is 5. The Balaban J connectivity index is 1.41. The Bertz CT molecular complexity index is 957. The third kappa shape index (κ3) is 5.53. The van der Waals surface area contributed by atoms with E-state index in [1.807, 2.05) is 11.6 Å². The predicted molar refractivity (Wildman–Crippen MR) is 102 cm³/mol. The molecule has 11 nitrogen and oxygen atoms in total. The summed E-state index contributed by atoms with van der Waals surface area (Å²) < 4.78 is 7.33. The molecule has 0 aliphatic carbocycles. The lowest BCUT2D eigenvalue weighted by molar-refractivity contribution is -0.384. The first-order chi connectivity index (χ1) is 13.5. The molecule has 1 aromatic carbocycles. The fourth-order valence-corrected chi connectivity index (χ4v) is 3.42. The molecule has 0 saturated carbocycles. The number of benzene rings is 1. The van der Waals surface area contributed by atoms with Gasteiger partial charge in [-0.25, -0.2) is 0 Å². The first-order valence-corrected chi connectivity index (χ1v) is 9.94. The fourth-order valence-electron chi connectivity index (χ4n) is 2.02. The van der Waals surface area contributed by atoms with E-state index in [2.05, 4.69) is 25.7 Å². The normalized spacial score (nSPS) is 10.8. The van der Waals surface area contributed by atoms with Crippen molar-refractivity contribution in [2.45, 2.75) is 16.8 Å². The molecule has 0 bridgehead atoms. The van der Waals surface area contributed by atoms with Crippen molar-refractivity contribution in [2.24, 2.45) is 7.05 Å². The van der Waals surface area contributed by atoms with Crippen LogP contribution in [-0.2, 0) is 18.3 Å². The number of anilines is 1. The van der Waals surface area contributed by atoms with Gasteiger partial charge in [-0.05, 0) is 12.1 Å². The average molecular weight is 421 g/mol. The zero-order valence-electron chi connectivity index (χ0n) is 14.6. The van der Waals surface area contributed by atoms with Gasteiger partial charge in [-0.2, -0.15) is 0 Å². The van der Waals surface area contributed by atoms with Gasteiger partial charge in [0.2, 0.25) is 11.8 Å². The number of carbonyl (C=O) groups is 1. The van der Waals surface area contributed by atoms with Crippen LogP contribution in [0.5, 0.6) is 0 Å². The van der Waals surface area contributed by atoms with Gasteiger partial charge in [0, 0.05) is 37.0 Å². The SMILES string of the molecule is Cn1cnnc1SCCc1nnc(SCC(=O)Nc2ccc([N+](=O)[O-])cc2)o1. The van der Waals surface area contributed by atoms with Gasteiger partial charge in [0.15, 0.2) is 5.16 Å². The maximum Gasteiger partial charge on any atom is 0.277 e. The van der Waals surface area contributed by atoms with E-state index in [0.717, 1.165) is 16.9 Å². The molecule has 0 atom stereocenters. The number of nitro groups is 1. The molecule has 1 amide bonds. The third-order valence-corrected chi connectivity index (χ3v) is 5.21. The topological polar surface area (TPSA) is 142 Å². The van der Waals surface area contributed by atoms with Gasteiger partial charge in [-0.3, -0.25) is 14.9 Å². The third-order valence-electron chi connectivity index (χ3n) is 3.35. The fraction of sp³-hybridized carbons (Fsp3) is 0.267. The Kier molecular flexibility index (Phi) is 6.60.